The molecule has 1 aromatic rings. The lowest BCUT2D eigenvalue weighted by Gasteiger charge is -2.32. The van der Waals surface area contributed by atoms with Crippen molar-refractivity contribution in [3.8, 4) is 0 Å². The van der Waals surface area contributed by atoms with Crippen LogP contribution in [0.3, 0.4) is 0 Å². The summed E-state index contributed by atoms with van der Waals surface area (Å²) in [5.74, 6) is 0.745. The van der Waals surface area contributed by atoms with E-state index >= 15 is 0 Å². The van der Waals surface area contributed by atoms with Crippen molar-refractivity contribution in [3.63, 3.8) is 0 Å². The number of amides is 2. The number of aliphatic imine (C=N–C) groups is 1. The number of nitrogens with two attached hydrogens (primary N) is 1. The fraction of sp³-hybridized carbons (Fsp3) is 0.556. The molecule has 1 aliphatic heterocycles. The Morgan fingerprint density at radius 2 is 2.19 bits per heavy atom. The Balaban J connectivity index is 1.96. The number of ether oxygens (including phenoxy) is 1. The molecule has 26 heavy (non-hydrogen) atoms. The van der Waals surface area contributed by atoms with Gasteiger partial charge < -0.3 is 26.0 Å². The van der Waals surface area contributed by atoms with E-state index in [0.717, 1.165) is 30.9 Å². The van der Waals surface area contributed by atoms with Crippen LogP contribution in [0.4, 0.5) is 4.79 Å². The van der Waals surface area contributed by atoms with Gasteiger partial charge in [-0.2, -0.15) is 0 Å². The third-order valence-corrected chi connectivity index (χ3v) is 4.65. The molecule has 0 radical (unpaired) electrons. The summed E-state index contributed by atoms with van der Waals surface area (Å²) in [6, 6.07) is 7.53. The predicted molar refractivity (Wildman–Crippen MR) is 104 cm³/mol. The lowest BCUT2D eigenvalue weighted by molar-refractivity contribution is 0.111. The van der Waals surface area contributed by atoms with Crippen molar-refractivity contribution in [1.29, 1.82) is 0 Å². The van der Waals surface area contributed by atoms with Crippen LogP contribution < -0.4 is 16.4 Å². The van der Waals surface area contributed by atoms with E-state index in [1.807, 2.05) is 31.2 Å². The summed E-state index contributed by atoms with van der Waals surface area (Å²) in [5.41, 5.74) is 6.33. The van der Waals surface area contributed by atoms with Crippen molar-refractivity contribution in [3.05, 3.63) is 34.9 Å². The minimum Gasteiger partial charge on any atom is -0.375 e. The zero-order valence-corrected chi connectivity index (χ0v) is 16.1. The number of likely N-dealkylation sites (tertiary alicyclic amines) is 1. The first-order valence-corrected chi connectivity index (χ1v) is 9.28. The quantitative estimate of drug-likeness (QED) is 0.520. The Hall–Kier alpha value is -1.99. The highest BCUT2D eigenvalue weighted by Crippen LogP contribution is 2.20. The minimum absolute atomic E-state index is 0.166. The molecule has 0 aliphatic carbocycles. The second kappa shape index (κ2) is 10.2. The predicted octanol–water partition coefficient (Wildman–Crippen LogP) is 2.13. The largest absolute Gasteiger partial charge is 0.375 e. The fourth-order valence-electron chi connectivity index (χ4n) is 2.95. The lowest BCUT2D eigenvalue weighted by atomic mass is 10.1. The standard InChI is InChI=1S/C18H28ClN5O2/c1-3-21-18(23-15-7-9-24(10-8-15)17(20)25)22-12-16(26-2)13-5-4-6-14(19)11-13/h4-6,11,15-16H,3,7-10,12H2,1-2H3,(H2,20,25)(H2,21,22,23). The summed E-state index contributed by atoms with van der Waals surface area (Å²) < 4.78 is 5.57. The van der Waals surface area contributed by atoms with Gasteiger partial charge in [0, 0.05) is 37.8 Å². The molecule has 2 rings (SSSR count). The van der Waals surface area contributed by atoms with Crippen molar-refractivity contribution in [1.82, 2.24) is 15.5 Å². The molecule has 0 spiro atoms. The van der Waals surface area contributed by atoms with Crippen LogP contribution in [0.25, 0.3) is 0 Å². The second-order valence-electron chi connectivity index (χ2n) is 6.24. The number of guanidine groups is 1. The Morgan fingerprint density at radius 3 is 2.77 bits per heavy atom. The zero-order valence-electron chi connectivity index (χ0n) is 15.4. The number of benzene rings is 1. The number of piperidine rings is 1. The molecule has 7 nitrogen and oxygen atoms in total. The molecule has 1 atom stereocenters. The number of hydrogen-bond acceptors (Lipinski definition) is 3. The van der Waals surface area contributed by atoms with Gasteiger partial charge in [-0.3, -0.25) is 4.99 Å². The molecule has 0 saturated carbocycles. The third-order valence-electron chi connectivity index (χ3n) is 4.41. The van der Waals surface area contributed by atoms with Crippen LogP contribution in [-0.2, 0) is 4.74 Å². The van der Waals surface area contributed by atoms with Crippen LogP contribution in [0, 0.1) is 0 Å². The fourth-order valence-corrected chi connectivity index (χ4v) is 3.15. The molecule has 0 bridgehead atoms. The summed E-state index contributed by atoms with van der Waals surface area (Å²) in [6.07, 6.45) is 1.52. The van der Waals surface area contributed by atoms with Gasteiger partial charge in [0.25, 0.3) is 0 Å². The molecule has 1 unspecified atom stereocenters. The number of primary amides is 1. The summed E-state index contributed by atoms with van der Waals surface area (Å²) in [6.45, 7) is 4.59. The Kier molecular flexibility index (Phi) is 8.00. The maximum absolute atomic E-state index is 11.2. The van der Waals surface area contributed by atoms with Crippen molar-refractivity contribution in [2.24, 2.45) is 10.7 Å². The van der Waals surface area contributed by atoms with Gasteiger partial charge in [0.05, 0.1) is 6.54 Å². The van der Waals surface area contributed by atoms with Gasteiger partial charge in [-0.25, -0.2) is 4.79 Å². The smallest absolute Gasteiger partial charge is 0.314 e. The third kappa shape index (κ3) is 6.07. The highest BCUT2D eigenvalue weighted by atomic mass is 35.5. The number of halogens is 1. The Bertz CT molecular complexity index is 617. The number of methoxy groups -OCH3 is 1. The van der Waals surface area contributed by atoms with E-state index in [1.165, 1.54) is 0 Å². The molecule has 1 aliphatic rings. The number of rotatable bonds is 6. The molecule has 144 valence electrons. The van der Waals surface area contributed by atoms with Gasteiger partial charge in [0.2, 0.25) is 0 Å². The van der Waals surface area contributed by atoms with Gasteiger partial charge in [-0.05, 0) is 37.5 Å². The number of nitrogens with zero attached hydrogens (tertiary/aromatic N) is 2. The van der Waals surface area contributed by atoms with E-state index in [4.69, 9.17) is 22.1 Å². The van der Waals surface area contributed by atoms with Crippen LogP contribution in [-0.4, -0.2) is 56.2 Å². The topological polar surface area (TPSA) is 92.0 Å². The summed E-state index contributed by atoms with van der Waals surface area (Å²) in [7, 11) is 1.67. The zero-order chi connectivity index (χ0) is 18.9. The summed E-state index contributed by atoms with van der Waals surface area (Å²) in [5, 5.41) is 7.38. The maximum atomic E-state index is 11.2. The van der Waals surface area contributed by atoms with E-state index in [9.17, 15) is 4.79 Å². The maximum Gasteiger partial charge on any atom is 0.314 e. The number of urea groups is 1. The van der Waals surface area contributed by atoms with Crippen molar-refractivity contribution < 1.29 is 9.53 Å². The van der Waals surface area contributed by atoms with Gasteiger partial charge in [0.1, 0.15) is 6.10 Å². The first-order valence-electron chi connectivity index (χ1n) is 8.91. The summed E-state index contributed by atoms with van der Waals surface area (Å²) in [4.78, 5) is 17.6. The van der Waals surface area contributed by atoms with Gasteiger partial charge in [-0.1, -0.05) is 23.7 Å². The molecule has 2 amide bonds. The summed E-state index contributed by atoms with van der Waals surface area (Å²) >= 11 is 6.07. The molecule has 1 saturated heterocycles. The Morgan fingerprint density at radius 1 is 1.46 bits per heavy atom. The molecule has 1 fully saturated rings. The number of carbonyl (C=O) groups excluding carboxylic acids is 1. The average molecular weight is 382 g/mol. The molecule has 0 aromatic heterocycles. The van der Waals surface area contributed by atoms with Gasteiger partial charge in [-0.15, -0.1) is 0 Å². The molecular formula is C18H28ClN5O2. The SMILES string of the molecule is CCNC(=NCC(OC)c1cccc(Cl)c1)NC1CCN(C(N)=O)CC1. The van der Waals surface area contributed by atoms with Crippen LogP contribution in [0.2, 0.25) is 5.02 Å². The number of hydrogen-bond donors (Lipinski definition) is 3. The van der Waals surface area contributed by atoms with Crippen LogP contribution in [0.1, 0.15) is 31.4 Å². The second-order valence-corrected chi connectivity index (χ2v) is 6.68. The van der Waals surface area contributed by atoms with Gasteiger partial charge in [0.15, 0.2) is 5.96 Å². The highest BCUT2D eigenvalue weighted by molar-refractivity contribution is 6.30. The van der Waals surface area contributed by atoms with Crippen molar-refractivity contribution >= 4 is 23.6 Å². The first kappa shape index (κ1) is 20.3. The molecular weight excluding hydrogens is 354 g/mol. The van der Waals surface area contributed by atoms with Crippen molar-refractivity contribution in [2.45, 2.75) is 31.9 Å². The van der Waals surface area contributed by atoms with Crippen LogP contribution >= 0.6 is 11.6 Å². The minimum atomic E-state index is -0.353. The first-order chi connectivity index (χ1) is 12.5. The van der Waals surface area contributed by atoms with Crippen LogP contribution in [0.5, 0.6) is 0 Å². The molecule has 1 heterocycles. The molecule has 4 N–H and O–H groups in total. The lowest BCUT2D eigenvalue weighted by Crippen LogP contribution is -2.50. The average Bonchev–Trinajstić information content (AvgIpc) is 2.63. The highest BCUT2D eigenvalue weighted by Gasteiger charge is 2.22. The van der Waals surface area contributed by atoms with E-state index in [-0.39, 0.29) is 18.2 Å². The van der Waals surface area contributed by atoms with Gasteiger partial charge >= 0.3 is 6.03 Å². The van der Waals surface area contributed by atoms with Crippen molar-refractivity contribution in [2.75, 3.05) is 33.3 Å². The van der Waals surface area contributed by atoms with E-state index in [2.05, 4.69) is 15.6 Å². The molecule has 8 heteroatoms. The monoisotopic (exact) mass is 381 g/mol. The Labute approximate surface area is 159 Å². The number of nitrogens with one attached hydrogen (secondary N) is 2. The van der Waals surface area contributed by atoms with E-state index in [0.29, 0.717) is 24.7 Å². The van der Waals surface area contributed by atoms with E-state index in [1.54, 1.807) is 12.0 Å². The molecule has 1 aromatic carbocycles. The number of carbonyl (C=O) groups is 1. The van der Waals surface area contributed by atoms with Crippen LogP contribution in [0.15, 0.2) is 29.3 Å². The van der Waals surface area contributed by atoms with E-state index < -0.39 is 0 Å². The normalized spacial score (nSPS) is 17.0.